The molecule has 8 heteroatoms. The number of hydrogen-bond donors (Lipinski definition) is 4. The predicted molar refractivity (Wildman–Crippen MR) is 83.2 cm³/mol. The van der Waals surface area contributed by atoms with Crippen LogP contribution in [0.15, 0.2) is 24.3 Å². The van der Waals surface area contributed by atoms with E-state index in [9.17, 15) is 9.59 Å². The minimum Gasteiger partial charge on any atom is -0.480 e. The molecule has 1 amide bonds. The molecular formula is C14H20N4O4. The zero-order valence-electron chi connectivity index (χ0n) is 12.7. The highest BCUT2D eigenvalue weighted by atomic mass is 16.6. The molecule has 0 aliphatic heterocycles. The average molecular weight is 308 g/mol. The number of hydrogen-bond acceptors (Lipinski definition) is 5. The zero-order chi connectivity index (χ0) is 16.9. The van der Waals surface area contributed by atoms with Gasteiger partial charge in [0.25, 0.3) is 0 Å². The normalized spacial score (nSPS) is 10.7. The molecule has 0 unspecified atom stereocenters. The first-order valence-corrected chi connectivity index (χ1v) is 6.53. The van der Waals surface area contributed by atoms with Crippen LogP contribution in [0.1, 0.15) is 20.8 Å². The first kappa shape index (κ1) is 17.3. The van der Waals surface area contributed by atoms with Crippen molar-refractivity contribution in [3.05, 3.63) is 24.3 Å². The molecule has 0 fully saturated rings. The molecular weight excluding hydrogens is 288 g/mol. The highest BCUT2D eigenvalue weighted by molar-refractivity contribution is 6.12. The van der Waals surface area contributed by atoms with Gasteiger partial charge in [-0.15, -0.1) is 0 Å². The van der Waals surface area contributed by atoms with Gasteiger partial charge in [0.2, 0.25) is 5.96 Å². The van der Waals surface area contributed by atoms with E-state index in [1.807, 2.05) is 0 Å². The standard InChI is InChI=1S/C14H20N4O4/c1-14(2,3)22-13(21)18(12(15)16)10-6-4-9(5-7-10)17-8-11(19)20/h4-7,17H,8H2,1-3H3,(H3,15,16)(H,19,20). The molecule has 8 nitrogen and oxygen atoms in total. The SMILES string of the molecule is CC(C)(C)OC(=O)N(C(=N)N)c1ccc(NCC(=O)O)cc1. The summed E-state index contributed by atoms with van der Waals surface area (Å²) in [5, 5.41) is 18.8. The van der Waals surface area contributed by atoms with Gasteiger partial charge in [-0.25, -0.2) is 9.69 Å². The number of rotatable bonds is 4. The van der Waals surface area contributed by atoms with Gasteiger partial charge in [0, 0.05) is 5.69 Å². The lowest BCUT2D eigenvalue weighted by molar-refractivity contribution is -0.134. The maximum absolute atomic E-state index is 12.1. The Morgan fingerprint density at radius 2 is 1.86 bits per heavy atom. The maximum atomic E-state index is 12.1. The van der Waals surface area contributed by atoms with Gasteiger partial charge in [-0.05, 0) is 45.0 Å². The topological polar surface area (TPSA) is 129 Å². The Kier molecular flexibility index (Phi) is 5.33. The van der Waals surface area contributed by atoms with E-state index in [2.05, 4.69) is 5.32 Å². The van der Waals surface area contributed by atoms with Crippen LogP contribution in [0.4, 0.5) is 16.2 Å². The van der Waals surface area contributed by atoms with Gasteiger partial charge in [0.1, 0.15) is 12.1 Å². The number of guanidine groups is 1. The van der Waals surface area contributed by atoms with Gasteiger partial charge >= 0.3 is 12.1 Å². The molecule has 1 rings (SSSR count). The lowest BCUT2D eigenvalue weighted by Crippen LogP contribution is -2.44. The molecule has 0 spiro atoms. The summed E-state index contributed by atoms with van der Waals surface area (Å²) < 4.78 is 5.20. The summed E-state index contributed by atoms with van der Waals surface area (Å²) in [4.78, 5) is 23.5. The van der Waals surface area contributed by atoms with Crippen molar-refractivity contribution < 1.29 is 19.4 Å². The molecule has 1 aromatic rings. The van der Waals surface area contributed by atoms with E-state index in [0.29, 0.717) is 11.4 Å². The molecule has 5 N–H and O–H groups in total. The van der Waals surface area contributed by atoms with Gasteiger partial charge in [0.15, 0.2) is 0 Å². The third-order valence-electron chi connectivity index (χ3n) is 2.39. The van der Waals surface area contributed by atoms with Gasteiger partial charge in [-0.3, -0.25) is 10.2 Å². The number of carboxylic acid groups (broad SMARTS) is 1. The molecule has 0 saturated carbocycles. The Morgan fingerprint density at radius 1 is 1.32 bits per heavy atom. The van der Waals surface area contributed by atoms with Crippen molar-refractivity contribution in [2.24, 2.45) is 5.73 Å². The minimum absolute atomic E-state index is 0.220. The Balaban J connectivity index is 2.91. The van der Waals surface area contributed by atoms with Crippen LogP contribution in [0.25, 0.3) is 0 Å². The van der Waals surface area contributed by atoms with Crippen LogP contribution in [0.2, 0.25) is 0 Å². The third kappa shape index (κ3) is 5.31. The Morgan fingerprint density at radius 3 is 2.27 bits per heavy atom. The van der Waals surface area contributed by atoms with Gasteiger partial charge in [-0.2, -0.15) is 0 Å². The quantitative estimate of drug-likeness (QED) is 0.496. The second-order valence-electron chi connectivity index (χ2n) is 5.50. The molecule has 120 valence electrons. The van der Waals surface area contributed by atoms with Crippen LogP contribution < -0.4 is 16.0 Å². The number of ether oxygens (including phenoxy) is 1. The molecule has 0 aliphatic rings. The molecule has 0 aliphatic carbocycles. The maximum Gasteiger partial charge on any atom is 0.421 e. The van der Waals surface area contributed by atoms with Gasteiger partial charge in [-0.1, -0.05) is 0 Å². The second-order valence-corrected chi connectivity index (χ2v) is 5.50. The van der Waals surface area contributed by atoms with Crippen LogP contribution in [-0.2, 0) is 9.53 Å². The fourth-order valence-electron chi connectivity index (χ4n) is 1.56. The summed E-state index contributed by atoms with van der Waals surface area (Å²) in [7, 11) is 0. The van der Waals surface area contributed by atoms with Crippen molar-refractivity contribution in [3.63, 3.8) is 0 Å². The largest absolute Gasteiger partial charge is 0.480 e. The molecule has 0 aromatic heterocycles. The summed E-state index contributed by atoms with van der Waals surface area (Å²) in [6, 6.07) is 6.24. The second kappa shape index (κ2) is 6.79. The van der Waals surface area contributed by atoms with Crippen molar-refractivity contribution in [3.8, 4) is 0 Å². The Bertz CT molecular complexity index is 563. The van der Waals surface area contributed by atoms with Crippen molar-refractivity contribution >= 4 is 29.4 Å². The van der Waals surface area contributed by atoms with Crippen LogP contribution in [0.3, 0.4) is 0 Å². The van der Waals surface area contributed by atoms with Crippen molar-refractivity contribution in [2.45, 2.75) is 26.4 Å². The van der Waals surface area contributed by atoms with Gasteiger partial charge in [0.05, 0.1) is 5.69 Å². The van der Waals surface area contributed by atoms with Crippen molar-refractivity contribution in [1.29, 1.82) is 5.41 Å². The molecule has 22 heavy (non-hydrogen) atoms. The lowest BCUT2D eigenvalue weighted by Gasteiger charge is -2.26. The Hall–Kier alpha value is -2.77. The number of aliphatic carboxylic acids is 1. The monoisotopic (exact) mass is 308 g/mol. The smallest absolute Gasteiger partial charge is 0.421 e. The molecule has 0 bridgehead atoms. The van der Waals surface area contributed by atoms with E-state index < -0.39 is 23.6 Å². The number of benzene rings is 1. The average Bonchev–Trinajstić information content (AvgIpc) is 2.35. The lowest BCUT2D eigenvalue weighted by atomic mass is 10.2. The molecule has 0 saturated heterocycles. The Labute approximate surface area is 128 Å². The first-order chi connectivity index (χ1) is 10.1. The van der Waals surface area contributed by atoms with Gasteiger partial charge < -0.3 is 20.9 Å². The van der Waals surface area contributed by atoms with E-state index in [-0.39, 0.29) is 6.54 Å². The molecule has 0 heterocycles. The van der Waals surface area contributed by atoms with E-state index in [0.717, 1.165) is 4.90 Å². The van der Waals surface area contributed by atoms with E-state index in [1.165, 1.54) is 12.1 Å². The molecule has 1 aromatic carbocycles. The number of carbonyl (C=O) groups is 2. The number of anilines is 2. The first-order valence-electron chi connectivity index (χ1n) is 6.53. The zero-order valence-corrected chi connectivity index (χ0v) is 12.7. The summed E-state index contributed by atoms with van der Waals surface area (Å²) in [6.45, 7) is 4.91. The van der Waals surface area contributed by atoms with Crippen LogP contribution in [0.5, 0.6) is 0 Å². The van der Waals surface area contributed by atoms with E-state index >= 15 is 0 Å². The van der Waals surface area contributed by atoms with Crippen molar-refractivity contribution in [2.75, 3.05) is 16.8 Å². The number of nitrogens with one attached hydrogen (secondary N) is 2. The van der Waals surface area contributed by atoms with Crippen LogP contribution in [-0.4, -0.2) is 35.3 Å². The third-order valence-corrected chi connectivity index (χ3v) is 2.39. The summed E-state index contributed by atoms with van der Waals surface area (Å²) >= 11 is 0. The summed E-state index contributed by atoms with van der Waals surface area (Å²) in [5.41, 5.74) is 5.64. The summed E-state index contributed by atoms with van der Waals surface area (Å²) in [5.74, 6) is -1.45. The number of carboxylic acids is 1. The predicted octanol–water partition coefficient (Wildman–Crippen LogP) is 1.82. The van der Waals surface area contributed by atoms with Crippen LogP contribution >= 0.6 is 0 Å². The highest BCUT2D eigenvalue weighted by Crippen LogP contribution is 2.20. The summed E-state index contributed by atoms with van der Waals surface area (Å²) in [6.07, 6.45) is -0.758. The molecule has 0 atom stereocenters. The van der Waals surface area contributed by atoms with E-state index in [1.54, 1.807) is 32.9 Å². The minimum atomic E-state index is -0.983. The van der Waals surface area contributed by atoms with E-state index in [4.69, 9.17) is 21.0 Å². The number of carbonyl (C=O) groups excluding carboxylic acids is 1. The number of nitrogens with zero attached hydrogens (tertiary/aromatic N) is 1. The fourth-order valence-corrected chi connectivity index (χ4v) is 1.56. The molecule has 0 radical (unpaired) electrons. The number of amides is 1. The number of nitrogens with two attached hydrogens (primary N) is 1. The highest BCUT2D eigenvalue weighted by Gasteiger charge is 2.25. The van der Waals surface area contributed by atoms with Crippen LogP contribution in [0, 0.1) is 5.41 Å². The van der Waals surface area contributed by atoms with Crippen molar-refractivity contribution in [1.82, 2.24) is 0 Å². The fraction of sp³-hybridized carbons (Fsp3) is 0.357.